The van der Waals surface area contributed by atoms with E-state index in [1.807, 2.05) is 18.2 Å². The number of rotatable bonds is 11. The minimum atomic E-state index is 0.200. The number of nitrogens with one attached hydrogen (secondary N) is 2. The van der Waals surface area contributed by atoms with Crippen molar-refractivity contribution in [2.75, 3.05) is 34.3 Å². The molecule has 0 amide bonds. The van der Waals surface area contributed by atoms with Crippen molar-refractivity contribution in [2.24, 2.45) is 4.99 Å². The van der Waals surface area contributed by atoms with Gasteiger partial charge >= 0.3 is 0 Å². The smallest absolute Gasteiger partial charge is 0.191 e. The van der Waals surface area contributed by atoms with Crippen molar-refractivity contribution in [1.82, 2.24) is 20.7 Å². The van der Waals surface area contributed by atoms with Crippen LogP contribution in [0.4, 0.5) is 0 Å². The van der Waals surface area contributed by atoms with Gasteiger partial charge in [-0.05, 0) is 51.6 Å². The maximum absolute atomic E-state index is 5.50. The summed E-state index contributed by atoms with van der Waals surface area (Å²) >= 11 is 0. The molecule has 0 radical (unpaired) electrons. The summed E-state index contributed by atoms with van der Waals surface area (Å²) in [7, 11) is 5.84. The van der Waals surface area contributed by atoms with Crippen molar-refractivity contribution >= 4 is 5.96 Å². The van der Waals surface area contributed by atoms with E-state index in [0.717, 1.165) is 49.1 Å². The lowest BCUT2D eigenvalue weighted by Crippen LogP contribution is -2.41. The summed E-state index contributed by atoms with van der Waals surface area (Å²) in [5.74, 6) is 2.86. The van der Waals surface area contributed by atoms with Crippen LogP contribution in [0.15, 0.2) is 39.8 Å². The number of hydrogen-bond donors (Lipinski definition) is 2. The van der Waals surface area contributed by atoms with E-state index in [1.54, 1.807) is 7.11 Å². The Balaban J connectivity index is 2.04. The number of methoxy groups -OCH3 is 1. The van der Waals surface area contributed by atoms with Crippen molar-refractivity contribution in [1.29, 1.82) is 0 Å². The van der Waals surface area contributed by atoms with E-state index in [0.29, 0.717) is 12.5 Å². The summed E-state index contributed by atoms with van der Waals surface area (Å²) in [4.78, 5) is 6.87. The Bertz CT molecular complexity index is 766. The van der Waals surface area contributed by atoms with E-state index in [2.05, 4.69) is 72.7 Å². The maximum Gasteiger partial charge on any atom is 0.191 e. The van der Waals surface area contributed by atoms with Gasteiger partial charge in [-0.2, -0.15) is 0 Å². The Hall–Kier alpha value is -2.54. The van der Waals surface area contributed by atoms with Gasteiger partial charge in [-0.3, -0.25) is 0 Å². The van der Waals surface area contributed by atoms with Crippen LogP contribution in [0.3, 0.4) is 0 Å². The summed E-state index contributed by atoms with van der Waals surface area (Å²) < 4.78 is 10.8. The van der Waals surface area contributed by atoms with Gasteiger partial charge in [-0.15, -0.1) is 0 Å². The van der Waals surface area contributed by atoms with Gasteiger partial charge in [-0.1, -0.05) is 31.1 Å². The standard InChI is InChI=1S/C23H37N5O2/c1-7-17(8-2)21-14-20(30-27-21)15-25-23(24-9-3)26-16-22(28(4)5)18-10-12-19(29-6)13-11-18/h10-14,17,22H,7-9,15-16H2,1-6H3,(H2,24,25,26). The highest BCUT2D eigenvalue weighted by Gasteiger charge is 2.16. The zero-order chi connectivity index (χ0) is 21.9. The zero-order valence-electron chi connectivity index (χ0n) is 19.2. The summed E-state index contributed by atoms with van der Waals surface area (Å²) in [6, 6.07) is 10.4. The summed E-state index contributed by atoms with van der Waals surface area (Å²) in [5, 5.41) is 11.0. The number of ether oxygens (including phenoxy) is 1. The molecule has 7 heteroatoms. The third kappa shape index (κ3) is 6.76. The van der Waals surface area contributed by atoms with Crippen molar-refractivity contribution in [3.8, 4) is 5.75 Å². The second-order valence-electron chi connectivity index (χ2n) is 7.56. The van der Waals surface area contributed by atoms with Gasteiger partial charge in [-0.25, -0.2) is 4.99 Å². The average Bonchev–Trinajstić information content (AvgIpc) is 3.22. The molecule has 0 saturated heterocycles. The number of hydrogen-bond acceptors (Lipinski definition) is 5. The summed E-state index contributed by atoms with van der Waals surface area (Å²) in [6.45, 7) is 8.38. The van der Waals surface area contributed by atoms with Crippen LogP contribution in [0.1, 0.15) is 62.6 Å². The largest absolute Gasteiger partial charge is 0.497 e. The summed E-state index contributed by atoms with van der Waals surface area (Å²) in [5.41, 5.74) is 2.24. The molecule has 0 spiro atoms. The highest BCUT2D eigenvalue weighted by Crippen LogP contribution is 2.23. The molecule has 166 valence electrons. The molecular weight excluding hydrogens is 378 g/mol. The first-order valence-electron chi connectivity index (χ1n) is 10.8. The molecule has 0 aliphatic rings. The predicted octanol–water partition coefficient (Wildman–Crippen LogP) is 3.94. The second kappa shape index (κ2) is 12.2. The van der Waals surface area contributed by atoms with E-state index >= 15 is 0 Å². The van der Waals surface area contributed by atoms with Crippen LogP contribution in [0.25, 0.3) is 0 Å². The fraction of sp³-hybridized carbons (Fsp3) is 0.565. The molecule has 2 N–H and O–H groups in total. The number of aromatic nitrogens is 1. The van der Waals surface area contributed by atoms with Gasteiger partial charge in [0.1, 0.15) is 12.3 Å². The van der Waals surface area contributed by atoms with Crippen LogP contribution in [0.2, 0.25) is 0 Å². The summed E-state index contributed by atoms with van der Waals surface area (Å²) in [6.07, 6.45) is 2.13. The van der Waals surface area contributed by atoms with E-state index in [9.17, 15) is 0 Å². The molecule has 0 bridgehead atoms. The molecule has 0 aliphatic heterocycles. The fourth-order valence-electron chi connectivity index (χ4n) is 3.42. The van der Waals surface area contributed by atoms with Crippen LogP contribution in [-0.2, 0) is 6.54 Å². The van der Waals surface area contributed by atoms with Crippen molar-refractivity contribution < 1.29 is 9.26 Å². The molecule has 1 aromatic heterocycles. The van der Waals surface area contributed by atoms with E-state index in [1.165, 1.54) is 5.56 Å². The first-order chi connectivity index (χ1) is 14.5. The lowest BCUT2D eigenvalue weighted by molar-refractivity contribution is 0.298. The van der Waals surface area contributed by atoms with Gasteiger partial charge in [0.15, 0.2) is 11.7 Å². The monoisotopic (exact) mass is 415 g/mol. The van der Waals surface area contributed by atoms with Gasteiger partial charge in [0.2, 0.25) is 0 Å². The lowest BCUT2D eigenvalue weighted by atomic mass is 9.99. The molecule has 0 fully saturated rings. The second-order valence-corrected chi connectivity index (χ2v) is 7.56. The van der Waals surface area contributed by atoms with Crippen molar-refractivity contribution in [3.05, 3.63) is 47.3 Å². The molecule has 2 aromatic rings. The van der Waals surface area contributed by atoms with Gasteiger partial charge in [0.05, 0.1) is 18.8 Å². The minimum Gasteiger partial charge on any atom is -0.497 e. The van der Waals surface area contributed by atoms with Crippen LogP contribution in [-0.4, -0.2) is 50.3 Å². The maximum atomic E-state index is 5.50. The Kier molecular flexibility index (Phi) is 9.67. The van der Waals surface area contributed by atoms with Crippen LogP contribution < -0.4 is 15.4 Å². The molecule has 0 aliphatic carbocycles. The third-order valence-electron chi connectivity index (χ3n) is 5.31. The Morgan fingerprint density at radius 3 is 2.40 bits per heavy atom. The predicted molar refractivity (Wildman–Crippen MR) is 122 cm³/mol. The molecule has 0 saturated carbocycles. The van der Waals surface area contributed by atoms with Gasteiger partial charge in [0, 0.05) is 25.1 Å². The van der Waals surface area contributed by atoms with E-state index in [-0.39, 0.29) is 6.04 Å². The SMILES string of the molecule is CCNC(=NCc1cc(C(CC)CC)no1)NCC(c1ccc(OC)cc1)N(C)C. The Morgan fingerprint density at radius 2 is 1.83 bits per heavy atom. The molecular formula is C23H37N5O2. The molecule has 30 heavy (non-hydrogen) atoms. The number of likely N-dealkylation sites (N-methyl/N-ethyl adjacent to an activating group) is 1. The fourth-order valence-corrected chi connectivity index (χ4v) is 3.42. The molecule has 1 atom stereocenters. The van der Waals surface area contributed by atoms with Crippen LogP contribution in [0.5, 0.6) is 5.75 Å². The molecule has 1 aromatic carbocycles. The van der Waals surface area contributed by atoms with Crippen molar-refractivity contribution in [3.63, 3.8) is 0 Å². The number of aliphatic imine (C=N–C) groups is 1. The van der Waals surface area contributed by atoms with Gasteiger partial charge < -0.3 is 24.8 Å². The molecule has 2 rings (SSSR count). The van der Waals surface area contributed by atoms with Gasteiger partial charge in [0.25, 0.3) is 0 Å². The topological polar surface area (TPSA) is 74.9 Å². The Morgan fingerprint density at radius 1 is 1.13 bits per heavy atom. The average molecular weight is 416 g/mol. The highest BCUT2D eigenvalue weighted by atomic mass is 16.5. The van der Waals surface area contributed by atoms with Crippen LogP contribution >= 0.6 is 0 Å². The minimum absolute atomic E-state index is 0.200. The first kappa shape index (κ1) is 23.7. The highest BCUT2D eigenvalue weighted by molar-refractivity contribution is 5.79. The molecule has 1 heterocycles. The normalized spacial score (nSPS) is 13.0. The quantitative estimate of drug-likeness (QED) is 0.428. The third-order valence-corrected chi connectivity index (χ3v) is 5.31. The van der Waals surface area contributed by atoms with E-state index < -0.39 is 0 Å². The zero-order valence-corrected chi connectivity index (χ0v) is 19.2. The number of nitrogens with zero attached hydrogens (tertiary/aromatic N) is 3. The molecule has 7 nitrogen and oxygen atoms in total. The number of benzene rings is 1. The van der Waals surface area contributed by atoms with E-state index in [4.69, 9.17) is 9.26 Å². The Labute approximate surface area is 180 Å². The van der Waals surface area contributed by atoms with Crippen LogP contribution in [0, 0.1) is 0 Å². The van der Waals surface area contributed by atoms with Crippen molar-refractivity contribution in [2.45, 2.75) is 52.1 Å². The molecule has 1 unspecified atom stereocenters. The number of guanidine groups is 1. The lowest BCUT2D eigenvalue weighted by Gasteiger charge is -2.26. The first-order valence-corrected chi connectivity index (χ1v) is 10.8.